The number of ether oxygens (including phenoxy) is 2. The topological polar surface area (TPSA) is 119 Å². The molecule has 1 N–H and O–H groups in total. The van der Waals surface area contributed by atoms with Gasteiger partial charge in [0.25, 0.3) is 5.91 Å². The van der Waals surface area contributed by atoms with Crippen molar-refractivity contribution in [3.63, 3.8) is 0 Å². The fourth-order valence-corrected chi connectivity index (χ4v) is 5.94. The number of carbonyl (C=O) groups is 3. The third-order valence-electron chi connectivity index (χ3n) is 5.72. The van der Waals surface area contributed by atoms with E-state index in [4.69, 9.17) is 9.47 Å². The zero-order valence-corrected chi connectivity index (χ0v) is 23.1. The van der Waals surface area contributed by atoms with E-state index in [-0.39, 0.29) is 22.2 Å². The van der Waals surface area contributed by atoms with Crippen molar-refractivity contribution >= 4 is 45.5 Å². The Hall–Kier alpha value is -3.83. The number of nitrogens with zero attached hydrogens (tertiary/aromatic N) is 3. The van der Waals surface area contributed by atoms with E-state index in [1.165, 1.54) is 22.3 Å². The Morgan fingerprint density at radius 2 is 1.89 bits per heavy atom. The Bertz CT molecular complexity index is 1450. The molecule has 1 amide bonds. The molecular formula is C27H27N3O6S2. The van der Waals surface area contributed by atoms with Crippen LogP contribution in [0.25, 0.3) is 0 Å². The Morgan fingerprint density at radius 1 is 1.16 bits per heavy atom. The number of ketones is 1. The number of anilines is 1. The fourth-order valence-electron chi connectivity index (χ4n) is 4.08. The van der Waals surface area contributed by atoms with Crippen molar-refractivity contribution in [1.29, 1.82) is 0 Å². The molecule has 1 aliphatic rings. The molecule has 11 heteroatoms. The summed E-state index contributed by atoms with van der Waals surface area (Å²) in [6, 6.07) is 6.01. The molecule has 2 aromatic heterocycles. The summed E-state index contributed by atoms with van der Waals surface area (Å²) in [5.74, 6) is -2.01. The Labute approximate surface area is 228 Å². The zero-order valence-electron chi connectivity index (χ0n) is 21.4. The van der Waals surface area contributed by atoms with Crippen LogP contribution in [0.2, 0.25) is 0 Å². The van der Waals surface area contributed by atoms with Crippen LogP contribution in [0.3, 0.4) is 0 Å². The summed E-state index contributed by atoms with van der Waals surface area (Å²) in [7, 11) is 0. The van der Waals surface area contributed by atoms with Crippen molar-refractivity contribution in [2.45, 2.75) is 40.2 Å². The van der Waals surface area contributed by atoms with Gasteiger partial charge in [-0.1, -0.05) is 43.0 Å². The number of aliphatic hydroxyl groups excluding tert-OH is 1. The van der Waals surface area contributed by atoms with Crippen molar-refractivity contribution in [3.8, 4) is 5.75 Å². The number of aromatic nitrogens is 2. The monoisotopic (exact) mass is 553 g/mol. The molecule has 3 heterocycles. The normalized spacial score (nSPS) is 15.2. The Balaban J connectivity index is 1.84. The molecule has 9 nitrogen and oxygen atoms in total. The Morgan fingerprint density at radius 3 is 2.55 bits per heavy atom. The number of esters is 1. The molecule has 0 saturated carbocycles. The molecule has 198 valence electrons. The smallest absolute Gasteiger partial charge is 0.350 e. The van der Waals surface area contributed by atoms with Gasteiger partial charge < -0.3 is 14.6 Å². The number of benzene rings is 1. The first-order chi connectivity index (χ1) is 18.2. The molecular weight excluding hydrogens is 526 g/mol. The van der Waals surface area contributed by atoms with Crippen molar-refractivity contribution < 1.29 is 29.0 Å². The van der Waals surface area contributed by atoms with Crippen LogP contribution in [0, 0.1) is 20.8 Å². The number of aryl methyl sites for hydroxylation is 3. The van der Waals surface area contributed by atoms with Crippen molar-refractivity contribution in [2.75, 3.05) is 18.1 Å². The standard InChI is InChI=1S/C27H27N3O6S2/c1-6-11-35-18-10-8-9-17(13-18)20-19(21(31)23-14(3)28-16(5)37-23)22(32)25(33)30(20)27-29-15(4)24(38-27)26(34)36-12-7-2/h7-10,13,20,32H,2,6,11-12H2,1,3-5H3. The van der Waals surface area contributed by atoms with Crippen LogP contribution in [0.1, 0.15) is 60.7 Å². The summed E-state index contributed by atoms with van der Waals surface area (Å²) in [6.45, 7) is 11.2. The summed E-state index contributed by atoms with van der Waals surface area (Å²) in [4.78, 5) is 50.4. The van der Waals surface area contributed by atoms with E-state index in [0.29, 0.717) is 39.2 Å². The lowest BCUT2D eigenvalue weighted by atomic mass is 9.95. The molecule has 0 fully saturated rings. The summed E-state index contributed by atoms with van der Waals surface area (Å²) >= 11 is 2.15. The highest BCUT2D eigenvalue weighted by Gasteiger charge is 2.47. The van der Waals surface area contributed by atoms with E-state index in [1.54, 1.807) is 45.0 Å². The van der Waals surface area contributed by atoms with Gasteiger partial charge in [0.15, 0.2) is 10.9 Å². The highest BCUT2D eigenvalue weighted by molar-refractivity contribution is 7.17. The van der Waals surface area contributed by atoms with Gasteiger partial charge in [-0.15, -0.1) is 11.3 Å². The molecule has 0 aliphatic carbocycles. The minimum absolute atomic E-state index is 0.0237. The van der Waals surface area contributed by atoms with Gasteiger partial charge in [-0.2, -0.15) is 0 Å². The second kappa shape index (κ2) is 11.3. The summed E-state index contributed by atoms with van der Waals surface area (Å²) < 4.78 is 10.9. The predicted molar refractivity (Wildman–Crippen MR) is 145 cm³/mol. The minimum Gasteiger partial charge on any atom is -0.503 e. The maximum absolute atomic E-state index is 13.8. The van der Waals surface area contributed by atoms with Crippen LogP contribution in [0.4, 0.5) is 5.13 Å². The van der Waals surface area contributed by atoms with E-state index in [2.05, 4.69) is 16.5 Å². The van der Waals surface area contributed by atoms with Gasteiger partial charge in [0.05, 0.1) is 39.5 Å². The van der Waals surface area contributed by atoms with E-state index in [1.807, 2.05) is 6.92 Å². The number of amides is 1. The third-order valence-corrected chi connectivity index (χ3v) is 7.93. The van der Waals surface area contributed by atoms with Crippen LogP contribution in [-0.4, -0.2) is 45.9 Å². The molecule has 4 rings (SSSR count). The van der Waals surface area contributed by atoms with Crippen molar-refractivity contribution in [2.24, 2.45) is 0 Å². The number of carbonyl (C=O) groups excluding carboxylic acids is 3. The van der Waals surface area contributed by atoms with E-state index < -0.39 is 29.5 Å². The van der Waals surface area contributed by atoms with Crippen LogP contribution in [0.5, 0.6) is 5.75 Å². The first-order valence-corrected chi connectivity index (χ1v) is 13.5. The number of Topliss-reactive ketones (excluding diaryl/α,β-unsaturated/α-hetero) is 1. The van der Waals surface area contributed by atoms with E-state index in [0.717, 1.165) is 17.8 Å². The van der Waals surface area contributed by atoms with E-state index >= 15 is 0 Å². The highest BCUT2D eigenvalue weighted by Crippen LogP contribution is 2.45. The molecule has 0 saturated heterocycles. The predicted octanol–water partition coefficient (Wildman–Crippen LogP) is 5.44. The number of rotatable bonds is 10. The molecule has 0 spiro atoms. The average molecular weight is 554 g/mol. The quantitative estimate of drug-likeness (QED) is 0.200. The molecule has 3 aromatic rings. The van der Waals surface area contributed by atoms with Gasteiger partial charge >= 0.3 is 5.97 Å². The number of aliphatic hydroxyl groups is 1. The first kappa shape index (κ1) is 27.2. The molecule has 38 heavy (non-hydrogen) atoms. The lowest BCUT2D eigenvalue weighted by Gasteiger charge is -2.24. The van der Waals surface area contributed by atoms with Crippen molar-refractivity contribution in [1.82, 2.24) is 9.97 Å². The van der Waals surface area contributed by atoms with Crippen LogP contribution in [-0.2, 0) is 9.53 Å². The zero-order chi connectivity index (χ0) is 27.6. The fraction of sp³-hybridized carbons (Fsp3) is 0.296. The summed E-state index contributed by atoms with van der Waals surface area (Å²) in [5.41, 5.74) is 1.33. The highest BCUT2D eigenvalue weighted by atomic mass is 32.1. The largest absolute Gasteiger partial charge is 0.503 e. The number of thiazole rings is 2. The van der Waals surface area contributed by atoms with Crippen LogP contribution >= 0.6 is 22.7 Å². The second-order valence-corrected chi connectivity index (χ2v) is 10.7. The lowest BCUT2D eigenvalue weighted by molar-refractivity contribution is -0.117. The van der Waals surface area contributed by atoms with Gasteiger partial charge in [0, 0.05) is 0 Å². The summed E-state index contributed by atoms with van der Waals surface area (Å²) in [6.07, 6.45) is 2.25. The van der Waals surface area contributed by atoms with Gasteiger partial charge in [-0.25, -0.2) is 14.8 Å². The van der Waals surface area contributed by atoms with Gasteiger partial charge in [-0.05, 0) is 44.9 Å². The van der Waals surface area contributed by atoms with Crippen LogP contribution in [0.15, 0.2) is 48.3 Å². The first-order valence-electron chi connectivity index (χ1n) is 11.9. The lowest BCUT2D eigenvalue weighted by Crippen LogP contribution is -2.31. The number of hydrogen-bond acceptors (Lipinski definition) is 10. The van der Waals surface area contributed by atoms with Crippen LogP contribution < -0.4 is 9.64 Å². The maximum atomic E-state index is 13.8. The van der Waals surface area contributed by atoms with E-state index in [9.17, 15) is 19.5 Å². The number of hydrogen-bond donors (Lipinski definition) is 1. The molecule has 1 aromatic carbocycles. The molecule has 1 aliphatic heterocycles. The molecule has 1 unspecified atom stereocenters. The Kier molecular flexibility index (Phi) is 8.08. The minimum atomic E-state index is -1.01. The molecule has 0 radical (unpaired) electrons. The van der Waals surface area contributed by atoms with Gasteiger partial charge in [-0.3, -0.25) is 14.5 Å². The second-order valence-electron chi connectivity index (χ2n) is 8.54. The average Bonchev–Trinajstić information content (AvgIpc) is 3.53. The maximum Gasteiger partial charge on any atom is 0.350 e. The molecule has 0 bridgehead atoms. The SMILES string of the molecule is C=CCOC(=O)c1sc(N2C(=O)C(O)=C(C(=O)c3sc(C)nc3C)C2c2cccc(OCCC)c2)nc1C. The van der Waals surface area contributed by atoms with Gasteiger partial charge in [0.1, 0.15) is 17.2 Å². The third kappa shape index (κ3) is 5.11. The summed E-state index contributed by atoms with van der Waals surface area (Å²) in [5, 5.41) is 11.9. The van der Waals surface area contributed by atoms with Crippen molar-refractivity contribution in [3.05, 3.63) is 80.0 Å². The molecule has 1 atom stereocenters. The van der Waals surface area contributed by atoms with Gasteiger partial charge in [0.2, 0.25) is 5.78 Å².